The van der Waals surface area contributed by atoms with Gasteiger partial charge in [0.15, 0.2) is 20.2 Å². The summed E-state index contributed by atoms with van der Waals surface area (Å²) in [4.78, 5) is 12.0. The lowest BCUT2D eigenvalue weighted by atomic mass is 10.0. The molecule has 1 aliphatic rings. The van der Waals surface area contributed by atoms with Crippen molar-refractivity contribution < 1.29 is 13.2 Å². The Kier molecular flexibility index (Phi) is 3.35. The van der Waals surface area contributed by atoms with E-state index in [0.29, 0.717) is 16.7 Å². The van der Waals surface area contributed by atoms with Crippen LogP contribution in [0.1, 0.15) is 23.3 Å². The Morgan fingerprint density at radius 1 is 1.59 bits per heavy atom. The number of Topliss-reactive ketones (excluding diaryl/α,β-unsaturated/α-hetero) is 1. The second-order valence-corrected chi connectivity index (χ2v) is 7.23. The molecule has 1 aliphatic heterocycles. The fourth-order valence-electron chi connectivity index (χ4n) is 2.02. The van der Waals surface area contributed by atoms with Gasteiger partial charge in [0.1, 0.15) is 5.69 Å². The monoisotopic (exact) mass is 321 g/mol. The quantitative estimate of drug-likeness (QED) is 0.761. The molecule has 0 bridgehead atoms. The van der Waals surface area contributed by atoms with Gasteiger partial charge in [0.2, 0.25) is 0 Å². The average Bonchev–Trinajstić information content (AvgIpc) is 2.70. The van der Waals surface area contributed by atoms with Gasteiger partial charge in [0.05, 0.1) is 11.5 Å². The van der Waals surface area contributed by atoms with Crippen LogP contribution < -0.4 is 0 Å². The summed E-state index contributed by atoms with van der Waals surface area (Å²) in [7, 11) is -1.30. The number of aryl methyl sites for hydroxylation is 1. The molecule has 0 radical (unpaired) electrons. The van der Waals surface area contributed by atoms with Crippen molar-refractivity contribution in [3.63, 3.8) is 0 Å². The fourth-order valence-corrected chi connectivity index (χ4v) is 4.43. The molecule has 0 aromatic carbocycles. The molecule has 2 rings (SSSR count). The SMILES string of the molecule is Cn1nnc(Br)c1C(=O)CC1CCS(=O)(=O)C1. The van der Waals surface area contributed by atoms with Crippen molar-refractivity contribution in [1.29, 1.82) is 0 Å². The van der Waals surface area contributed by atoms with Crippen LogP contribution in [0.25, 0.3) is 0 Å². The summed E-state index contributed by atoms with van der Waals surface area (Å²) in [6, 6.07) is 0. The molecule has 1 unspecified atom stereocenters. The van der Waals surface area contributed by atoms with Crippen molar-refractivity contribution in [3.8, 4) is 0 Å². The number of hydrogen-bond donors (Lipinski definition) is 0. The second-order valence-electron chi connectivity index (χ2n) is 4.25. The van der Waals surface area contributed by atoms with Crippen molar-refractivity contribution in [2.75, 3.05) is 11.5 Å². The maximum absolute atomic E-state index is 12.0. The molecule has 17 heavy (non-hydrogen) atoms. The summed E-state index contributed by atoms with van der Waals surface area (Å²) >= 11 is 3.16. The van der Waals surface area contributed by atoms with E-state index >= 15 is 0 Å². The molecule has 8 heteroatoms. The first-order valence-corrected chi connectivity index (χ1v) is 7.79. The predicted molar refractivity (Wildman–Crippen MR) is 64.4 cm³/mol. The van der Waals surface area contributed by atoms with E-state index in [2.05, 4.69) is 26.2 Å². The smallest absolute Gasteiger partial charge is 0.184 e. The lowest BCUT2D eigenvalue weighted by molar-refractivity contribution is 0.0955. The molecule has 2 heterocycles. The molecular formula is C9H12BrN3O3S. The van der Waals surface area contributed by atoms with Gasteiger partial charge in [-0.2, -0.15) is 0 Å². The Labute approximate surface area is 107 Å². The molecule has 94 valence electrons. The van der Waals surface area contributed by atoms with E-state index in [1.807, 2.05) is 0 Å². The van der Waals surface area contributed by atoms with Crippen molar-refractivity contribution in [2.24, 2.45) is 13.0 Å². The molecule has 1 saturated heterocycles. The lowest BCUT2D eigenvalue weighted by Gasteiger charge is -2.06. The number of nitrogens with zero attached hydrogens (tertiary/aromatic N) is 3. The van der Waals surface area contributed by atoms with Gasteiger partial charge in [-0.15, -0.1) is 5.10 Å². The maximum Gasteiger partial charge on any atom is 0.184 e. The largest absolute Gasteiger partial charge is 0.292 e. The van der Waals surface area contributed by atoms with Gasteiger partial charge in [-0.05, 0) is 28.3 Å². The van der Waals surface area contributed by atoms with E-state index in [-0.39, 0.29) is 29.6 Å². The van der Waals surface area contributed by atoms with Crippen LogP contribution in [0.4, 0.5) is 0 Å². The molecule has 0 saturated carbocycles. The number of rotatable bonds is 3. The molecule has 0 amide bonds. The highest BCUT2D eigenvalue weighted by molar-refractivity contribution is 9.10. The van der Waals surface area contributed by atoms with E-state index in [0.717, 1.165) is 0 Å². The topological polar surface area (TPSA) is 81.9 Å². The van der Waals surface area contributed by atoms with Crippen molar-refractivity contribution in [3.05, 3.63) is 10.3 Å². The lowest BCUT2D eigenvalue weighted by Crippen LogP contribution is -2.14. The van der Waals surface area contributed by atoms with Crippen LogP contribution in [0, 0.1) is 5.92 Å². The average molecular weight is 322 g/mol. The minimum Gasteiger partial charge on any atom is -0.292 e. The van der Waals surface area contributed by atoms with Gasteiger partial charge in [-0.1, -0.05) is 5.21 Å². The molecule has 1 aromatic heterocycles. The number of hydrogen-bond acceptors (Lipinski definition) is 5. The minimum absolute atomic E-state index is 0.0747. The number of carbonyl (C=O) groups excluding carboxylic acids is 1. The molecular weight excluding hydrogens is 310 g/mol. The summed E-state index contributed by atoms with van der Waals surface area (Å²) in [6.07, 6.45) is 0.802. The number of carbonyl (C=O) groups is 1. The van der Waals surface area contributed by atoms with Gasteiger partial charge in [0.25, 0.3) is 0 Å². The van der Waals surface area contributed by atoms with Crippen LogP contribution in [0.3, 0.4) is 0 Å². The highest BCUT2D eigenvalue weighted by Gasteiger charge is 2.31. The van der Waals surface area contributed by atoms with Crippen LogP contribution in [-0.2, 0) is 16.9 Å². The number of sulfone groups is 1. The van der Waals surface area contributed by atoms with Crippen LogP contribution in [0.5, 0.6) is 0 Å². The minimum atomic E-state index is -2.93. The van der Waals surface area contributed by atoms with Gasteiger partial charge in [-0.25, -0.2) is 13.1 Å². The van der Waals surface area contributed by atoms with Gasteiger partial charge >= 0.3 is 0 Å². The third-order valence-electron chi connectivity index (χ3n) is 2.85. The zero-order valence-electron chi connectivity index (χ0n) is 9.26. The Bertz CT molecular complexity index is 532. The zero-order valence-corrected chi connectivity index (χ0v) is 11.7. The Hall–Kier alpha value is -0.760. The number of ketones is 1. The molecule has 0 spiro atoms. The number of halogens is 1. The van der Waals surface area contributed by atoms with Crippen LogP contribution in [0.2, 0.25) is 0 Å². The second kappa shape index (κ2) is 4.49. The first-order valence-electron chi connectivity index (χ1n) is 5.18. The molecule has 6 nitrogen and oxygen atoms in total. The summed E-state index contributed by atoms with van der Waals surface area (Å²) in [5.41, 5.74) is 0.397. The predicted octanol–water partition coefficient (Wildman–Crippen LogP) is 0.585. The fraction of sp³-hybridized carbons (Fsp3) is 0.667. The van der Waals surface area contributed by atoms with Crippen LogP contribution >= 0.6 is 15.9 Å². The summed E-state index contributed by atoms with van der Waals surface area (Å²) in [5.74, 6) is 0.109. The van der Waals surface area contributed by atoms with E-state index < -0.39 is 9.84 Å². The van der Waals surface area contributed by atoms with Crippen LogP contribution in [0.15, 0.2) is 4.60 Å². The summed E-state index contributed by atoms with van der Waals surface area (Å²) in [5, 5.41) is 7.45. The van der Waals surface area contributed by atoms with Gasteiger partial charge < -0.3 is 0 Å². The number of aromatic nitrogens is 3. The molecule has 0 N–H and O–H groups in total. The highest BCUT2D eigenvalue weighted by atomic mass is 79.9. The molecule has 1 aromatic rings. The first kappa shape index (κ1) is 12.7. The van der Waals surface area contributed by atoms with Gasteiger partial charge in [0, 0.05) is 13.5 Å². The van der Waals surface area contributed by atoms with E-state index in [1.165, 1.54) is 4.68 Å². The van der Waals surface area contributed by atoms with Crippen molar-refractivity contribution >= 4 is 31.6 Å². The maximum atomic E-state index is 12.0. The normalized spacial score (nSPS) is 22.8. The summed E-state index contributed by atoms with van der Waals surface area (Å²) < 4.78 is 24.4. The third kappa shape index (κ3) is 2.74. The Balaban J connectivity index is 2.09. The first-order chi connectivity index (χ1) is 7.89. The molecule has 0 aliphatic carbocycles. The Morgan fingerprint density at radius 3 is 2.76 bits per heavy atom. The zero-order chi connectivity index (χ0) is 12.6. The van der Waals surface area contributed by atoms with E-state index in [1.54, 1.807) is 7.05 Å². The van der Waals surface area contributed by atoms with Gasteiger partial charge in [-0.3, -0.25) is 4.79 Å². The Morgan fingerprint density at radius 2 is 2.29 bits per heavy atom. The standard InChI is InChI=1S/C9H12BrN3O3S/c1-13-8(9(10)11-12-13)7(14)4-6-2-3-17(15,16)5-6/h6H,2-5H2,1H3. The van der Waals surface area contributed by atoms with Crippen molar-refractivity contribution in [1.82, 2.24) is 15.0 Å². The summed E-state index contributed by atoms with van der Waals surface area (Å²) in [6.45, 7) is 0. The van der Waals surface area contributed by atoms with Crippen LogP contribution in [-0.4, -0.2) is 40.7 Å². The van der Waals surface area contributed by atoms with Crippen molar-refractivity contribution in [2.45, 2.75) is 12.8 Å². The molecule has 1 atom stereocenters. The molecule has 1 fully saturated rings. The van der Waals surface area contributed by atoms with E-state index in [9.17, 15) is 13.2 Å². The van der Waals surface area contributed by atoms with E-state index in [4.69, 9.17) is 0 Å². The third-order valence-corrected chi connectivity index (χ3v) is 5.22. The highest BCUT2D eigenvalue weighted by Crippen LogP contribution is 2.24.